The van der Waals surface area contributed by atoms with E-state index in [0.717, 1.165) is 58.8 Å². The van der Waals surface area contributed by atoms with Crippen molar-refractivity contribution in [2.45, 2.75) is 71.9 Å². The molecule has 40 heavy (non-hydrogen) atoms. The predicted molar refractivity (Wildman–Crippen MR) is 157 cm³/mol. The lowest BCUT2D eigenvalue weighted by Crippen LogP contribution is -2.35. The van der Waals surface area contributed by atoms with Gasteiger partial charge in [-0.1, -0.05) is 31.4 Å². The van der Waals surface area contributed by atoms with Crippen molar-refractivity contribution in [2.24, 2.45) is 5.92 Å². The van der Waals surface area contributed by atoms with Gasteiger partial charge in [-0.25, -0.2) is 9.78 Å². The number of amides is 1. The minimum Gasteiger partial charge on any atom is -0.489 e. The van der Waals surface area contributed by atoms with Crippen molar-refractivity contribution in [1.29, 1.82) is 0 Å². The smallest absolute Gasteiger partial charge is 0.333 e. The predicted octanol–water partition coefficient (Wildman–Crippen LogP) is 7.21. The minimum absolute atomic E-state index is 0.0625. The zero-order valence-corrected chi connectivity index (χ0v) is 24.3. The van der Waals surface area contributed by atoms with Crippen LogP contribution < -0.4 is 10.1 Å². The molecule has 0 unspecified atom stereocenters. The molecule has 0 saturated heterocycles. The lowest BCUT2D eigenvalue weighted by atomic mass is 9.88. The summed E-state index contributed by atoms with van der Waals surface area (Å²) in [5.41, 5.74) is 4.30. The molecule has 1 atom stereocenters. The van der Waals surface area contributed by atoms with Crippen LogP contribution in [-0.2, 0) is 27.4 Å². The standard InChI is InChI=1S/C32H38N2O5S/c1-4-38-32(36)23(3)16-22(2)17-27-21-40-31(33-27)29(34-30(35)26-8-6-5-7-9-26)18-24-10-12-28(13-11-24)39-20-25-14-15-37-19-25/h10-17,19,21,26,29H,4-9,18,20H2,1-3H3,(H,34,35)/b22-17+,23-16-/t29-/m0/s1. The van der Waals surface area contributed by atoms with Gasteiger partial charge in [0.2, 0.25) is 5.91 Å². The highest BCUT2D eigenvalue weighted by Gasteiger charge is 2.25. The maximum absolute atomic E-state index is 13.2. The maximum Gasteiger partial charge on any atom is 0.333 e. The van der Waals surface area contributed by atoms with E-state index in [2.05, 4.69) is 5.32 Å². The highest BCUT2D eigenvalue weighted by atomic mass is 32.1. The van der Waals surface area contributed by atoms with Crippen molar-refractivity contribution in [3.05, 3.63) is 87.3 Å². The van der Waals surface area contributed by atoms with Crippen molar-refractivity contribution >= 4 is 29.3 Å². The molecule has 2 aromatic heterocycles. The Bertz CT molecular complexity index is 1300. The highest BCUT2D eigenvalue weighted by molar-refractivity contribution is 7.09. The van der Waals surface area contributed by atoms with Gasteiger partial charge >= 0.3 is 5.97 Å². The number of aromatic nitrogens is 1. The Morgan fingerprint density at radius 2 is 1.90 bits per heavy atom. The molecule has 0 spiro atoms. The second kappa shape index (κ2) is 14.7. The summed E-state index contributed by atoms with van der Waals surface area (Å²) >= 11 is 1.53. The summed E-state index contributed by atoms with van der Waals surface area (Å²) in [4.78, 5) is 30.0. The van der Waals surface area contributed by atoms with E-state index in [0.29, 0.717) is 25.2 Å². The van der Waals surface area contributed by atoms with E-state index in [-0.39, 0.29) is 23.8 Å². The summed E-state index contributed by atoms with van der Waals surface area (Å²) in [7, 11) is 0. The van der Waals surface area contributed by atoms with Gasteiger partial charge in [0, 0.05) is 22.4 Å². The topological polar surface area (TPSA) is 90.7 Å². The van der Waals surface area contributed by atoms with E-state index in [1.165, 1.54) is 17.8 Å². The first kappa shape index (κ1) is 29.3. The molecule has 1 aliphatic rings. The summed E-state index contributed by atoms with van der Waals surface area (Å²) < 4.78 is 16.0. The second-order valence-corrected chi connectivity index (χ2v) is 11.1. The quantitative estimate of drug-likeness (QED) is 0.143. The van der Waals surface area contributed by atoms with Gasteiger partial charge in [-0.05, 0) is 81.5 Å². The number of nitrogens with zero attached hydrogens (tertiary/aromatic N) is 1. The zero-order valence-electron chi connectivity index (χ0n) is 23.5. The fraction of sp³-hybridized carbons (Fsp3) is 0.406. The number of furan rings is 1. The number of nitrogens with one attached hydrogen (secondary N) is 1. The molecule has 4 rings (SSSR count). The third kappa shape index (κ3) is 8.68. The molecule has 2 heterocycles. The van der Waals surface area contributed by atoms with Gasteiger partial charge < -0.3 is 19.2 Å². The molecule has 0 aliphatic heterocycles. The Morgan fingerprint density at radius 3 is 2.60 bits per heavy atom. The SMILES string of the molecule is CCOC(=O)/C(C)=C\C(C)=C\c1csc([C@H](Cc2ccc(OCc3ccoc3)cc2)NC(=O)C2CCCCC2)n1. The third-order valence-corrected chi connectivity index (χ3v) is 7.87. The van der Waals surface area contributed by atoms with Crippen LogP contribution in [0.5, 0.6) is 5.75 Å². The number of allylic oxidation sites excluding steroid dienone is 2. The number of rotatable bonds is 12. The molecule has 1 amide bonds. The lowest BCUT2D eigenvalue weighted by molar-refractivity contribution is -0.138. The second-order valence-electron chi connectivity index (χ2n) is 10.2. The largest absolute Gasteiger partial charge is 0.489 e. The van der Waals surface area contributed by atoms with Crippen LogP contribution in [0.3, 0.4) is 0 Å². The molecule has 212 valence electrons. The van der Waals surface area contributed by atoms with Crippen molar-refractivity contribution in [3.63, 3.8) is 0 Å². The Hall–Kier alpha value is -3.65. The highest BCUT2D eigenvalue weighted by Crippen LogP contribution is 2.28. The fourth-order valence-corrected chi connectivity index (χ4v) is 5.63. The van der Waals surface area contributed by atoms with Crippen LogP contribution in [0.4, 0.5) is 0 Å². The van der Waals surface area contributed by atoms with Crippen LogP contribution in [0.2, 0.25) is 0 Å². The maximum atomic E-state index is 13.2. The molecule has 3 aromatic rings. The average Bonchev–Trinajstić information content (AvgIpc) is 3.65. The van der Waals surface area contributed by atoms with Crippen LogP contribution >= 0.6 is 11.3 Å². The first-order chi connectivity index (χ1) is 19.4. The first-order valence-electron chi connectivity index (χ1n) is 13.9. The Kier molecular flexibility index (Phi) is 10.7. The molecule has 1 N–H and O–H groups in total. The van der Waals surface area contributed by atoms with E-state index in [4.69, 9.17) is 18.9 Å². The van der Waals surface area contributed by atoms with E-state index >= 15 is 0 Å². The number of esters is 1. The lowest BCUT2D eigenvalue weighted by Gasteiger charge is -2.24. The number of hydrogen-bond donors (Lipinski definition) is 1. The minimum atomic E-state index is -0.322. The Balaban J connectivity index is 1.48. The molecule has 7 nitrogen and oxygen atoms in total. The summed E-state index contributed by atoms with van der Waals surface area (Å²) in [5, 5.41) is 6.15. The van der Waals surface area contributed by atoms with Gasteiger partial charge in [-0.2, -0.15) is 0 Å². The van der Waals surface area contributed by atoms with Crippen molar-refractivity contribution < 1.29 is 23.5 Å². The van der Waals surface area contributed by atoms with Gasteiger partial charge in [0.25, 0.3) is 0 Å². The van der Waals surface area contributed by atoms with Crippen LogP contribution in [0, 0.1) is 5.92 Å². The fourth-order valence-electron chi connectivity index (χ4n) is 4.80. The molecule has 1 saturated carbocycles. The first-order valence-corrected chi connectivity index (χ1v) is 14.8. The van der Waals surface area contributed by atoms with Gasteiger partial charge in [0.15, 0.2) is 0 Å². The number of thiazole rings is 1. The molecule has 8 heteroatoms. The zero-order chi connectivity index (χ0) is 28.3. The van der Waals surface area contributed by atoms with Gasteiger partial charge in [0.1, 0.15) is 17.4 Å². The van der Waals surface area contributed by atoms with Crippen molar-refractivity contribution in [1.82, 2.24) is 10.3 Å². The van der Waals surface area contributed by atoms with Gasteiger partial charge in [-0.15, -0.1) is 11.3 Å². The van der Waals surface area contributed by atoms with Crippen LogP contribution in [0.25, 0.3) is 6.08 Å². The summed E-state index contributed by atoms with van der Waals surface area (Å²) in [6.07, 6.45) is 13.0. The monoisotopic (exact) mass is 562 g/mol. The van der Waals surface area contributed by atoms with Gasteiger partial charge in [-0.3, -0.25) is 4.79 Å². The Labute approximate surface area is 240 Å². The molecule has 0 bridgehead atoms. The third-order valence-electron chi connectivity index (χ3n) is 6.90. The molecular weight excluding hydrogens is 524 g/mol. The van der Waals surface area contributed by atoms with E-state index in [1.807, 2.05) is 48.7 Å². The Morgan fingerprint density at radius 1 is 1.12 bits per heavy atom. The van der Waals surface area contributed by atoms with Crippen molar-refractivity contribution in [3.8, 4) is 5.75 Å². The van der Waals surface area contributed by atoms with Gasteiger partial charge in [0.05, 0.1) is 30.9 Å². The molecule has 1 aliphatic carbocycles. The van der Waals surface area contributed by atoms with E-state index in [9.17, 15) is 9.59 Å². The summed E-state index contributed by atoms with van der Waals surface area (Å²) in [6, 6.07) is 9.61. The number of hydrogen-bond acceptors (Lipinski definition) is 7. The number of benzene rings is 1. The van der Waals surface area contributed by atoms with Crippen LogP contribution in [0.1, 0.15) is 80.7 Å². The van der Waals surface area contributed by atoms with E-state index in [1.54, 1.807) is 32.4 Å². The van der Waals surface area contributed by atoms with E-state index < -0.39 is 0 Å². The average molecular weight is 563 g/mol. The van der Waals surface area contributed by atoms with Crippen LogP contribution in [0.15, 0.2) is 69.9 Å². The normalized spacial score (nSPS) is 15.5. The molecule has 0 radical (unpaired) electrons. The van der Waals surface area contributed by atoms with Crippen LogP contribution in [-0.4, -0.2) is 23.5 Å². The number of carbonyl (C=O) groups is 2. The van der Waals surface area contributed by atoms with Crippen molar-refractivity contribution in [2.75, 3.05) is 6.61 Å². The molecule has 1 aromatic carbocycles. The number of ether oxygens (including phenoxy) is 2. The summed E-state index contributed by atoms with van der Waals surface area (Å²) in [5.74, 6) is 0.627. The molecular formula is C32H38N2O5S. The number of carbonyl (C=O) groups excluding carboxylic acids is 2. The molecule has 1 fully saturated rings. The summed E-state index contributed by atoms with van der Waals surface area (Å²) in [6.45, 7) is 6.25.